The Morgan fingerprint density at radius 3 is 2.75 bits per heavy atom. The number of rotatable bonds is 2. The Morgan fingerprint density at radius 1 is 1.67 bits per heavy atom. The fourth-order valence-corrected chi connectivity index (χ4v) is 1.33. The second-order valence-corrected chi connectivity index (χ2v) is 3.04. The molecule has 0 saturated carbocycles. The van der Waals surface area contributed by atoms with Crippen LogP contribution in [0.5, 0.6) is 0 Å². The number of ether oxygens (including phenoxy) is 1. The molecule has 0 aromatic heterocycles. The zero-order valence-electron chi connectivity index (χ0n) is 7.36. The van der Waals surface area contributed by atoms with Gasteiger partial charge in [-0.05, 0) is 20.3 Å². The van der Waals surface area contributed by atoms with Gasteiger partial charge in [0, 0.05) is 0 Å². The molecule has 0 amide bonds. The summed E-state index contributed by atoms with van der Waals surface area (Å²) in [4.78, 5) is 11.1. The maximum absolute atomic E-state index is 11.1. The van der Waals surface area contributed by atoms with E-state index >= 15 is 0 Å². The van der Waals surface area contributed by atoms with Crippen molar-refractivity contribution in [1.29, 1.82) is 0 Å². The van der Waals surface area contributed by atoms with Gasteiger partial charge in [0.05, 0.1) is 5.92 Å². The maximum Gasteiger partial charge on any atom is 0.312 e. The van der Waals surface area contributed by atoms with Crippen molar-refractivity contribution in [1.82, 2.24) is 0 Å². The minimum Gasteiger partial charge on any atom is -0.460 e. The van der Waals surface area contributed by atoms with E-state index < -0.39 is 6.10 Å². The van der Waals surface area contributed by atoms with Gasteiger partial charge in [0.2, 0.25) is 0 Å². The van der Waals surface area contributed by atoms with Crippen LogP contribution in [0, 0.1) is 5.92 Å². The van der Waals surface area contributed by atoms with E-state index in [0.29, 0.717) is 6.42 Å². The number of esters is 1. The zero-order chi connectivity index (χ0) is 9.14. The average Bonchev–Trinajstić information content (AvgIpc) is 2.25. The Hall–Kier alpha value is -0.830. The topological polar surface area (TPSA) is 46.5 Å². The van der Waals surface area contributed by atoms with E-state index in [1.165, 1.54) is 0 Å². The van der Waals surface area contributed by atoms with Crippen molar-refractivity contribution in [3.8, 4) is 0 Å². The van der Waals surface area contributed by atoms with Crippen LogP contribution in [-0.2, 0) is 9.53 Å². The first-order valence-electron chi connectivity index (χ1n) is 4.16. The molecule has 1 aliphatic rings. The molecule has 1 fully saturated rings. The molecule has 12 heavy (non-hydrogen) atoms. The van der Waals surface area contributed by atoms with Crippen LogP contribution in [0.3, 0.4) is 0 Å². The number of allylic oxidation sites excluding steroid dienone is 2. The van der Waals surface area contributed by atoms with Crippen molar-refractivity contribution < 1.29 is 14.6 Å². The highest BCUT2D eigenvalue weighted by Crippen LogP contribution is 2.24. The van der Waals surface area contributed by atoms with Crippen LogP contribution in [-0.4, -0.2) is 23.3 Å². The molecule has 1 rings (SSSR count). The first-order valence-corrected chi connectivity index (χ1v) is 4.16. The SMILES string of the molecule is C/C=C/CC1C(=O)OC(C)C1O. The summed E-state index contributed by atoms with van der Waals surface area (Å²) >= 11 is 0. The van der Waals surface area contributed by atoms with Gasteiger partial charge in [-0.3, -0.25) is 4.79 Å². The lowest BCUT2D eigenvalue weighted by Gasteiger charge is -2.08. The Balaban J connectivity index is 2.57. The molecule has 3 nitrogen and oxygen atoms in total. The molecule has 1 heterocycles. The summed E-state index contributed by atoms with van der Waals surface area (Å²) in [5.41, 5.74) is 0. The molecule has 1 aliphatic heterocycles. The van der Waals surface area contributed by atoms with Crippen molar-refractivity contribution in [2.45, 2.75) is 32.5 Å². The number of carbonyl (C=O) groups excluding carboxylic acids is 1. The summed E-state index contributed by atoms with van der Waals surface area (Å²) in [5.74, 6) is -0.649. The Bertz CT molecular complexity index is 198. The van der Waals surface area contributed by atoms with Crippen molar-refractivity contribution >= 4 is 5.97 Å². The second kappa shape index (κ2) is 3.72. The molecule has 0 aliphatic carbocycles. The van der Waals surface area contributed by atoms with Crippen molar-refractivity contribution in [2.75, 3.05) is 0 Å². The Morgan fingerprint density at radius 2 is 2.33 bits per heavy atom. The molecule has 0 aromatic rings. The quantitative estimate of drug-likeness (QED) is 0.494. The van der Waals surface area contributed by atoms with E-state index in [2.05, 4.69) is 0 Å². The molecule has 3 heteroatoms. The molecular weight excluding hydrogens is 156 g/mol. The molecule has 1 N–H and O–H groups in total. The molecule has 68 valence electrons. The average molecular weight is 170 g/mol. The van der Waals surface area contributed by atoms with E-state index in [4.69, 9.17) is 4.74 Å². The first-order chi connectivity index (χ1) is 5.66. The monoisotopic (exact) mass is 170 g/mol. The van der Waals surface area contributed by atoms with Gasteiger partial charge in [-0.15, -0.1) is 0 Å². The van der Waals surface area contributed by atoms with Crippen LogP contribution in [0.15, 0.2) is 12.2 Å². The molecule has 0 aromatic carbocycles. The first kappa shape index (κ1) is 9.26. The standard InChI is InChI=1S/C9H14O3/c1-3-4-5-7-8(10)6(2)12-9(7)11/h3-4,6-8,10H,5H2,1-2H3/b4-3+. The lowest BCUT2D eigenvalue weighted by Crippen LogP contribution is -2.24. The van der Waals surface area contributed by atoms with Crippen LogP contribution in [0.4, 0.5) is 0 Å². The molecule has 1 saturated heterocycles. The third-order valence-electron chi connectivity index (χ3n) is 2.12. The summed E-state index contributed by atoms with van der Waals surface area (Å²) < 4.78 is 4.86. The highest BCUT2D eigenvalue weighted by atomic mass is 16.6. The summed E-state index contributed by atoms with van der Waals surface area (Å²) in [6.07, 6.45) is 3.30. The van der Waals surface area contributed by atoms with E-state index in [1.54, 1.807) is 6.92 Å². The van der Waals surface area contributed by atoms with E-state index in [-0.39, 0.29) is 18.0 Å². The van der Waals surface area contributed by atoms with Crippen molar-refractivity contribution in [3.63, 3.8) is 0 Å². The molecular formula is C9H14O3. The Labute approximate surface area is 72.0 Å². The highest BCUT2D eigenvalue weighted by Gasteiger charge is 2.39. The van der Waals surface area contributed by atoms with Crippen LogP contribution >= 0.6 is 0 Å². The normalized spacial score (nSPS) is 35.9. The number of aliphatic hydroxyl groups excluding tert-OH is 1. The fraction of sp³-hybridized carbons (Fsp3) is 0.667. The van der Waals surface area contributed by atoms with E-state index in [1.807, 2.05) is 19.1 Å². The maximum atomic E-state index is 11.1. The predicted octanol–water partition coefficient (Wildman–Crippen LogP) is 0.875. The number of hydrogen-bond donors (Lipinski definition) is 1. The van der Waals surface area contributed by atoms with Gasteiger partial charge in [-0.25, -0.2) is 0 Å². The molecule has 0 radical (unpaired) electrons. The number of aliphatic hydroxyl groups is 1. The predicted molar refractivity (Wildman–Crippen MR) is 44.5 cm³/mol. The lowest BCUT2D eigenvalue weighted by atomic mass is 9.98. The van der Waals surface area contributed by atoms with Gasteiger partial charge in [-0.2, -0.15) is 0 Å². The third-order valence-corrected chi connectivity index (χ3v) is 2.12. The smallest absolute Gasteiger partial charge is 0.312 e. The molecule has 0 bridgehead atoms. The van der Waals surface area contributed by atoms with E-state index in [0.717, 1.165) is 0 Å². The summed E-state index contributed by atoms with van der Waals surface area (Å²) in [6.45, 7) is 3.59. The van der Waals surface area contributed by atoms with Crippen LogP contribution in [0.1, 0.15) is 20.3 Å². The molecule has 0 spiro atoms. The summed E-state index contributed by atoms with van der Waals surface area (Å²) in [6, 6.07) is 0. The largest absolute Gasteiger partial charge is 0.460 e. The second-order valence-electron chi connectivity index (χ2n) is 3.04. The van der Waals surface area contributed by atoms with Gasteiger partial charge in [0.1, 0.15) is 12.2 Å². The molecule has 3 atom stereocenters. The van der Waals surface area contributed by atoms with Gasteiger partial charge in [0.15, 0.2) is 0 Å². The minimum atomic E-state index is -0.645. The number of cyclic esters (lactones) is 1. The summed E-state index contributed by atoms with van der Waals surface area (Å²) in [5, 5.41) is 9.47. The van der Waals surface area contributed by atoms with Gasteiger partial charge < -0.3 is 9.84 Å². The minimum absolute atomic E-state index is 0.284. The number of carbonyl (C=O) groups is 1. The van der Waals surface area contributed by atoms with Crippen LogP contribution in [0.25, 0.3) is 0 Å². The summed E-state index contributed by atoms with van der Waals surface area (Å²) in [7, 11) is 0. The van der Waals surface area contributed by atoms with Gasteiger partial charge in [0.25, 0.3) is 0 Å². The fourth-order valence-electron chi connectivity index (χ4n) is 1.33. The van der Waals surface area contributed by atoms with Gasteiger partial charge >= 0.3 is 5.97 Å². The zero-order valence-corrected chi connectivity index (χ0v) is 7.36. The molecule has 3 unspecified atom stereocenters. The Kier molecular flexibility index (Phi) is 2.87. The highest BCUT2D eigenvalue weighted by molar-refractivity contribution is 5.75. The lowest BCUT2D eigenvalue weighted by molar-refractivity contribution is -0.143. The van der Waals surface area contributed by atoms with Crippen LogP contribution < -0.4 is 0 Å². The van der Waals surface area contributed by atoms with Crippen molar-refractivity contribution in [2.24, 2.45) is 5.92 Å². The number of hydrogen-bond acceptors (Lipinski definition) is 3. The van der Waals surface area contributed by atoms with Crippen LogP contribution in [0.2, 0.25) is 0 Å². The van der Waals surface area contributed by atoms with Crippen molar-refractivity contribution in [3.05, 3.63) is 12.2 Å². The van der Waals surface area contributed by atoms with E-state index in [9.17, 15) is 9.90 Å². The third kappa shape index (κ3) is 1.67. The van der Waals surface area contributed by atoms with Gasteiger partial charge in [-0.1, -0.05) is 12.2 Å².